The Balaban J connectivity index is 1.60. The molecule has 6 nitrogen and oxygen atoms in total. The highest BCUT2D eigenvalue weighted by atomic mass is 16.5. The highest BCUT2D eigenvalue weighted by Crippen LogP contribution is 2.23. The fourth-order valence-corrected chi connectivity index (χ4v) is 3.37. The minimum Gasteiger partial charge on any atom is -0.497 e. The number of fused-ring (bicyclic) bond motifs is 1. The Morgan fingerprint density at radius 1 is 1.07 bits per heavy atom. The highest BCUT2D eigenvalue weighted by molar-refractivity contribution is 5.95. The van der Waals surface area contributed by atoms with Gasteiger partial charge in [-0.05, 0) is 29.8 Å². The normalized spacial score (nSPS) is 12.2. The highest BCUT2D eigenvalue weighted by Gasteiger charge is 2.20. The van der Waals surface area contributed by atoms with Crippen molar-refractivity contribution in [3.8, 4) is 5.75 Å². The lowest BCUT2D eigenvalue weighted by Gasteiger charge is -2.18. The Bertz CT molecular complexity index is 1190. The van der Waals surface area contributed by atoms with Crippen molar-refractivity contribution in [2.45, 2.75) is 6.04 Å². The first kappa shape index (κ1) is 19.4. The minimum atomic E-state index is -0.390. The lowest BCUT2D eigenvalue weighted by molar-refractivity contribution is -0.117. The van der Waals surface area contributed by atoms with Gasteiger partial charge in [0, 0.05) is 42.7 Å². The van der Waals surface area contributed by atoms with Gasteiger partial charge in [0.15, 0.2) is 0 Å². The van der Waals surface area contributed by atoms with E-state index < -0.39 is 6.04 Å². The first-order valence-corrected chi connectivity index (χ1v) is 9.59. The van der Waals surface area contributed by atoms with E-state index in [2.05, 4.69) is 15.3 Å². The van der Waals surface area contributed by atoms with Crippen molar-refractivity contribution in [2.24, 2.45) is 7.05 Å². The molecule has 2 aromatic carbocycles. The molecule has 1 unspecified atom stereocenters. The van der Waals surface area contributed by atoms with Crippen LogP contribution in [0.4, 0.5) is 0 Å². The molecule has 0 saturated heterocycles. The molecule has 6 heteroatoms. The van der Waals surface area contributed by atoms with Crippen LogP contribution in [0.5, 0.6) is 5.75 Å². The number of carbonyl (C=O) groups excluding carboxylic acids is 1. The van der Waals surface area contributed by atoms with Crippen LogP contribution in [-0.4, -0.2) is 27.6 Å². The largest absolute Gasteiger partial charge is 0.497 e. The van der Waals surface area contributed by atoms with Crippen LogP contribution in [0.15, 0.2) is 79.3 Å². The second-order valence-corrected chi connectivity index (χ2v) is 6.87. The van der Waals surface area contributed by atoms with Crippen LogP contribution in [0.2, 0.25) is 0 Å². The van der Waals surface area contributed by atoms with E-state index in [4.69, 9.17) is 4.74 Å². The van der Waals surface area contributed by atoms with E-state index in [-0.39, 0.29) is 5.91 Å². The Morgan fingerprint density at radius 2 is 1.87 bits per heavy atom. The zero-order chi connectivity index (χ0) is 20.9. The van der Waals surface area contributed by atoms with Crippen molar-refractivity contribution in [3.05, 3.63) is 96.2 Å². The summed E-state index contributed by atoms with van der Waals surface area (Å²) in [5, 5.41) is 4.09. The Morgan fingerprint density at radius 3 is 2.60 bits per heavy atom. The third kappa shape index (κ3) is 4.07. The summed E-state index contributed by atoms with van der Waals surface area (Å²) in [6, 6.07) is 17.0. The number of nitrogens with one attached hydrogen (secondary N) is 1. The van der Waals surface area contributed by atoms with Crippen molar-refractivity contribution >= 4 is 22.9 Å². The van der Waals surface area contributed by atoms with Gasteiger partial charge in [0.1, 0.15) is 17.6 Å². The number of imidazole rings is 1. The molecule has 0 spiro atoms. The van der Waals surface area contributed by atoms with Gasteiger partial charge >= 0.3 is 0 Å². The molecule has 0 bridgehead atoms. The zero-order valence-corrected chi connectivity index (χ0v) is 16.8. The van der Waals surface area contributed by atoms with E-state index in [1.54, 1.807) is 25.6 Å². The molecule has 1 atom stereocenters. The number of hydrogen-bond acceptors (Lipinski definition) is 4. The van der Waals surface area contributed by atoms with E-state index in [0.717, 1.165) is 33.6 Å². The Labute approximate surface area is 174 Å². The molecule has 0 aliphatic rings. The van der Waals surface area contributed by atoms with Crippen LogP contribution in [0, 0.1) is 0 Å². The summed E-state index contributed by atoms with van der Waals surface area (Å²) < 4.78 is 7.14. The van der Waals surface area contributed by atoms with Gasteiger partial charge in [-0.1, -0.05) is 36.4 Å². The number of aromatic nitrogens is 3. The Kier molecular flexibility index (Phi) is 5.57. The molecule has 30 heavy (non-hydrogen) atoms. The van der Waals surface area contributed by atoms with Gasteiger partial charge in [0.05, 0.1) is 12.6 Å². The summed E-state index contributed by atoms with van der Waals surface area (Å²) >= 11 is 0. The molecule has 4 rings (SSSR count). The smallest absolute Gasteiger partial charge is 0.244 e. The first-order chi connectivity index (χ1) is 14.7. The summed E-state index contributed by atoms with van der Waals surface area (Å²) in [7, 11) is 3.53. The molecule has 0 saturated carbocycles. The Hall–Kier alpha value is -3.93. The molecule has 0 radical (unpaired) electrons. The fraction of sp³-hybridized carbons (Fsp3) is 0.125. The molecule has 0 fully saturated rings. The van der Waals surface area contributed by atoms with Gasteiger partial charge in [-0.25, -0.2) is 4.98 Å². The number of hydrogen-bond donors (Lipinski definition) is 1. The van der Waals surface area contributed by atoms with Crippen LogP contribution < -0.4 is 10.1 Å². The van der Waals surface area contributed by atoms with Crippen molar-refractivity contribution in [1.82, 2.24) is 19.9 Å². The molecule has 1 N–H and O–H groups in total. The van der Waals surface area contributed by atoms with Crippen LogP contribution in [-0.2, 0) is 11.8 Å². The van der Waals surface area contributed by atoms with E-state index in [1.807, 2.05) is 72.4 Å². The quantitative estimate of drug-likeness (QED) is 0.500. The number of ether oxygens (including phenoxy) is 1. The molecule has 0 aliphatic heterocycles. The second kappa shape index (κ2) is 8.61. The molecule has 0 aliphatic carbocycles. The van der Waals surface area contributed by atoms with Crippen molar-refractivity contribution in [2.75, 3.05) is 7.11 Å². The number of aryl methyl sites for hydroxylation is 1. The molecule has 1 amide bonds. The van der Waals surface area contributed by atoms with E-state index in [9.17, 15) is 4.79 Å². The SMILES string of the molecule is COc1ccc(C(NC(=O)/C=C/c2cccc3cccnc23)c2nccn2C)cc1. The summed E-state index contributed by atoms with van der Waals surface area (Å²) in [6.07, 6.45) is 8.64. The van der Waals surface area contributed by atoms with Crippen LogP contribution in [0.25, 0.3) is 17.0 Å². The maximum absolute atomic E-state index is 12.8. The summed E-state index contributed by atoms with van der Waals surface area (Å²) in [6.45, 7) is 0. The third-order valence-corrected chi connectivity index (χ3v) is 4.93. The van der Waals surface area contributed by atoms with Crippen molar-refractivity contribution < 1.29 is 9.53 Å². The lowest BCUT2D eigenvalue weighted by Crippen LogP contribution is -2.29. The van der Waals surface area contributed by atoms with Gasteiger partial charge in [-0.15, -0.1) is 0 Å². The standard InChI is InChI=1S/C24H22N4O2/c1-28-16-15-26-24(28)23(19-8-11-20(30-2)12-9-19)27-21(29)13-10-18-6-3-5-17-7-4-14-25-22(17)18/h3-16,23H,1-2H3,(H,27,29)/b13-10+. The van der Waals surface area contributed by atoms with Crippen LogP contribution in [0.3, 0.4) is 0 Å². The summed E-state index contributed by atoms with van der Waals surface area (Å²) in [5.74, 6) is 1.28. The molecule has 4 aromatic rings. The molecule has 150 valence electrons. The number of benzene rings is 2. The average molecular weight is 398 g/mol. The molecular weight excluding hydrogens is 376 g/mol. The first-order valence-electron chi connectivity index (χ1n) is 9.59. The van der Waals surface area contributed by atoms with E-state index in [0.29, 0.717) is 0 Å². The van der Waals surface area contributed by atoms with Gasteiger partial charge in [0.25, 0.3) is 0 Å². The maximum Gasteiger partial charge on any atom is 0.244 e. The van der Waals surface area contributed by atoms with Gasteiger partial charge in [-0.3, -0.25) is 9.78 Å². The van der Waals surface area contributed by atoms with Crippen molar-refractivity contribution in [3.63, 3.8) is 0 Å². The topological polar surface area (TPSA) is 69.0 Å². The summed E-state index contributed by atoms with van der Waals surface area (Å²) in [5.41, 5.74) is 2.67. The van der Waals surface area contributed by atoms with Crippen LogP contribution >= 0.6 is 0 Å². The minimum absolute atomic E-state index is 0.216. The third-order valence-electron chi connectivity index (χ3n) is 4.93. The summed E-state index contributed by atoms with van der Waals surface area (Å²) in [4.78, 5) is 21.6. The second-order valence-electron chi connectivity index (χ2n) is 6.87. The lowest BCUT2D eigenvalue weighted by atomic mass is 10.1. The van der Waals surface area contributed by atoms with E-state index >= 15 is 0 Å². The number of nitrogens with zero attached hydrogens (tertiary/aromatic N) is 3. The number of pyridine rings is 1. The maximum atomic E-state index is 12.8. The predicted molar refractivity (Wildman–Crippen MR) is 117 cm³/mol. The zero-order valence-electron chi connectivity index (χ0n) is 16.8. The number of amides is 1. The number of rotatable bonds is 6. The van der Waals surface area contributed by atoms with Gasteiger partial charge < -0.3 is 14.6 Å². The van der Waals surface area contributed by atoms with Crippen LogP contribution in [0.1, 0.15) is 23.0 Å². The van der Waals surface area contributed by atoms with E-state index in [1.165, 1.54) is 6.08 Å². The molecule has 2 aromatic heterocycles. The fourth-order valence-electron chi connectivity index (χ4n) is 3.37. The predicted octanol–water partition coefficient (Wildman–Crippen LogP) is 3.90. The monoisotopic (exact) mass is 398 g/mol. The van der Waals surface area contributed by atoms with Gasteiger partial charge in [0.2, 0.25) is 5.91 Å². The number of carbonyl (C=O) groups is 1. The molecular formula is C24H22N4O2. The number of methoxy groups -OCH3 is 1. The van der Waals surface area contributed by atoms with Gasteiger partial charge in [-0.2, -0.15) is 0 Å². The number of para-hydroxylation sites is 1. The van der Waals surface area contributed by atoms with Crippen molar-refractivity contribution in [1.29, 1.82) is 0 Å². The molecule has 2 heterocycles. The average Bonchev–Trinajstić information content (AvgIpc) is 3.21.